The third kappa shape index (κ3) is 3.74. The molecule has 22 heavy (non-hydrogen) atoms. The Morgan fingerprint density at radius 2 is 2.05 bits per heavy atom. The summed E-state index contributed by atoms with van der Waals surface area (Å²) in [6, 6.07) is 10.0. The molecule has 1 aromatic carbocycles. The van der Waals surface area contributed by atoms with E-state index in [1.54, 1.807) is 6.33 Å². The average Bonchev–Trinajstić information content (AvgIpc) is 3.09. The zero-order valence-corrected chi connectivity index (χ0v) is 12.7. The van der Waals surface area contributed by atoms with E-state index in [1.807, 2.05) is 41.4 Å². The fraction of sp³-hybridized carbons (Fsp3) is 0.412. The van der Waals surface area contributed by atoms with E-state index in [-0.39, 0.29) is 5.91 Å². The lowest BCUT2D eigenvalue weighted by Crippen LogP contribution is -2.45. The smallest absolute Gasteiger partial charge is 0.253 e. The van der Waals surface area contributed by atoms with Crippen molar-refractivity contribution in [1.29, 1.82) is 0 Å². The van der Waals surface area contributed by atoms with Crippen LogP contribution in [0.1, 0.15) is 28.9 Å². The van der Waals surface area contributed by atoms with Gasteiger partial charge in [-0.3, -0.25) is 4.79 Å². The van der Waals surface area contributed by atoms with Crippen molar-refractivity contribution < 1.29 is 4.79 Å². The molecule has 5 heteroatoms. The molecule has 0 atom stereocenters. The highest BCUT2D eigenvalue weighted by atomic mass is 16.2. The maximum absolute atomic E-state index is 12.4. The van der Waals surface area contributed by atoms with Crippen LogP contribution in [0.2, 0.25) is 0 Å². The highest BCUT2D eigenvalue weighted by molar-refractivity contribution is 5.94. The van der Waals surface area contributed by atoms with E-state index in [9.17, 15) is 4.79 Å². The Morgan fingerprint density at radius 3 is 2.73 bits per heavy atom. The third-order valence-corrected chi connectivity index (χ3v) is 4.19. The molecule has 1 aromatic heterocycles. The number of H-pyrrole nitrogens is 1. The Bertz CT molecular complexity index is 574. The number of hydrogen-bond acceptors (Lipinski definition) is 3. The summed E-state index contributed by atoms with van der Waals surface area (Å²) in [5.41, 5.74) is 1.94. The molecule has 0 bridgehead atoms. The van der Waals surface area contributed by atoms with Gasteiger partial charge in [-0.2, -0.15) is 0 Å². The molecule has 2 aromatic rings. The summed E-state index contributed by atoms with van der Waals surface area (Å²) < 4.78 is 0. The van der Waals surface area contributed by atoms with Gasteiger partial charge >= 0.3 is 0 Å². The summed E-state index contributed by atoms with van der Waals surface area (Å²) >= 11 is 0. The van der Waals surface area contributed by atoms with E-state index < -0.39 is 0 Å². The van der Waals surface area contributed by atoms with Gasteiger partial charge < -0.3 is 15.2 Å². The number of hydrogen-bond donors (Lipinski definition) is 2. The number of carbonyl (C=O) groups excluding carboxylic acids is 1. The summed E-state index contributed by atoms with van der Waals surface area (Å²) in [6.07, 6.45) is 6.57. The van der Waals surface area contributed by atoms with Crippen molar-refractivity contribution in [2.24, 2.45) is 0 Å². The Hall–Kier alpha value is -2.14. The molecule has 1 aliphatic heterocycles. The van der Waals surface area contributed by atoms with Crippen LogP contribution >= 0.6 is 0 Å². The van der Waals surface area contributed by atoms with Gasteiger partial charge in [-0.05, 0) is 25.0 Å². The number of amides is 1. The number of likely N-dealkylation sites (tertiary alicyclic amines) is 1. The second-order valence-corrected chi connectivity index (χ2v) is 5.71. The van der Waals surface area contributed by atoms with Crippen molar-refractivity contribution in [2.45, 2.75) is 25.3 Å². The van der Waals surface area contributed by atoms with Crippen molar-refractivity contribution in [1.82, 2.24) is 20.2 Å². The maximum Gasteiger partial charge on any atom is 0.253 e. The molecule has 2 N–H and O–H groups in total. The second-order valence-electron chi connectivity index (χ2n) is 5.71. The van der Waals surface area contributed by atoms with Crippen LogP contribution in [0.15, 0.2) is 42.9 Å². The zero-order chi connectivity index (χ0) is 15.2. The summed E-state index contributed by atoms with van der Waals surface area (Å²) in [7, 11) is 0. The number of carbonyl (C=O) groups is 1. The van der Waals surface area contributed by atoms with Gasteiger partial charge in [-0.1, -0.05) is 18.2 Å². The van der Waals surface area contributed by atoms with Crippen molar-refractivity contribution >= 4 is 5.91 Å². The van der Waals surface area contributed by atoms with Gasteiger partial charge in [-0.15, -0.1) is 0 Å². The number of nitrogens with one attached hydrogen (secondary N) is 2. The molecule has 1 saturated heterocycles. The highest BCUT2D eigenvalue weighted by Crippen LogP contribution is 2.14. The predicted molar refractivity (Wildman–Crippen MR) is 85.7 cm³/mol. The van der Waals surface area contributed by atoms with Crippen LogP contribution in [-0.2, 0) is 6.42 Å². The van der Waals surface area contributed by atoms with Crippen LogP contribution in [0, 0.1) is 0 Å². The number of benzene rings is 1. The molecule has 1 amide bonds. The van der Waals surface area contributed by atoms with Crippen LogP contribution in [0.3, 0.4) is 0 Å². The summed E-state index contributed by atoms with van der Waals surface area (Å²) in [5.74, 6) is 0.150. The number of aromatic amines is 1. The second kappa shape index (κ2) is 7.22. The lowest BCUT2D eigenvalue weighted by Gasteiger charge is -2.32. The van der Waals surface area contributed by atoms with Crippen LogP contribution in [0.4, 0.5) is 0 Å². The largest absolute Gasteiger partial charge is 0.348 e. The number of aromatic nitrogens is 2. The standard InChI is InChI=1S/C17H22N4O/c22-17(14-4-2-1-3-5-14)21-10-7-15(8-11-21)19-9-6-16-12-18-13-20-16/h1-5,12-13,15,19H,6-11H2,(H,18,20). The lowest BCUT2D eigenvalue weighted by atomic mass is 10.0. The minimum Gasteiger partial charge on any atom is -0.348 e. The molecule has 0 saturated carbocycles. The third-order valence-electron chi connectivity index (χ3n) is 4.19. The van der Waals surface area contributed by atoms with Gasteiger partial charge in [0, 0.05) is 49.6 Å². The molecular weight excluding hydrogens is 276 g/mol. The van der Waals surface area contributed by atoms with Crippen LogP contribution in [0.5, 0.6) is 0 Å². The first kappa shape index (κ1) is 14.8. The van der Waals surface area contributed by atoms with E-state index in [0.717, 1.165) is 50.2 Å². The van der Waals surface area contributed by atoms with E-state index in [4.69, 9.17) is 0 Å². The van der Waals surface area contributed by atoms with Crippen molar-refractivity contribution in [2.75, 3.05) is 19.6 Å². The summed E-state index contributed by atoms with van der Waals surface area (Å²) in [5, 5.41) is 3.57. The Kier molecular flexibility index (Phi) is 4.85. The number of imidazole rings is 1. The molecule has 116 valence electrons. The SMILES string of the molecule is O=C(c1ccccc1)N1CCC(NCCc2cnc[nH]2)CC1. The number of nitrogens with zero attached hydrogens (tertiary/aromatic N) is 2. The van der Waals surface area contributed by atoms with Gasteiger partial charge in [0.15, 0.2) is 0 Å². The molecule has 1 fully saturated rings. The fourth-order valence-corrected chi connectivity index (χ4v) is 2.88. The van der Waals surface area contributed by atoms with Gasteiger partial charge in [-0.25, -0.2) is 4.98 Å². The molecular formula is C17H22N4O. The first-order valence-electron chi connectivity index (χ1n) is 7.88. The minimum absolute atomic E-state index is 0.150. The van der Waals surface area contributed by atoms with E-state index in [0.29, 0.717) is 6.04 Å². The van der Waals surface area contributed by atoms with E-state index in [2.05, 4.69) is 15.3 Å². The molecule has 0 unspecified atom stereocenters. The minimum atomic E-state index is 0.150. The van der Waals surface area contributed by atoms with E-state index in [1.165, 1.54) is 0 Å². The molecule has 3 rings (SSSR count). The average molecular weight is 298 g/mol. The molecule has 0 aliphatic carbocycles. The number of piperidine rings is 1. The first-order valence-corrected chi connectivity index (χ1v) is 7.88. The van der Waals surface area contributed by atoms with Gasteiger partial charge in [0.25, 0.3) is 5.91 Å². The van der Waals surface area contributed by atoms with Crippen molar-refractivity contribution in [3.05, 3.63) is 54.1 Å². The van der Waals surface area contributed by atoms with E-state index >= 15 is 0 Å². The Morgan fingerprint density at radius 1 is 1.27 bits per heavy atom. The lowest BCUT2D eigenvalue weighted by molar-refractivity contribution is 0.0705. The van der Waals surface area contributed by atoms with Gasteiger partial charge in [0.05, 0.1) is 6.33 Å². The highest BCUT2D eigenvalue weighted by Gasteiger charge is 2.22. The predicted octanol–water partition coefficient (Wildman–Crippen LogP) is 1.85. The maximum atomic E-state index is 12.4. The summed E-state index contributed by atoms with van der Waals surface area (Å²) in [6.45, 7) is 2.60. The molecule has 0 radical (unpaired) electrons. The van der Waals surface area contributed by atoms with Crippen molar-refractivity contribution in [3.63, 3.8) is 0 Å². The van der Waals surface area contributed by atoms with Gasteiger partial charge in [0.2, 0.25) is 0 Å². The summed E-state index contributed by atoms with van der Waals surface area (Å²) in [4.78, 5) is 21.5. The zero-order valence-electron chi connectivity index (χ0n) is 12.7. The normalized spacial score (nSPS) is 15.9. The Labute approximate surface area is 130 Å². The topological polar surface area (TPSA) is 61.0 Å². The quantitative estimate of drug-likeness (QED) is 0.885. The molecule has 5 nitrogen and oxygen atoms in total. The van der Waals surface area contributed by atoms with Crippen molar-refractivity contribution in [3.8, 4) is 0 Å². The molecule has 1 aliphatic rings. The number of rotatable bonds is 5. The van der Waals surface area contributed by atoms with Gasteiger partial charge in [0.1, 0.15) is 0 Å². The monoisotopic (exact) mass is 298 g/mol. The Balaban J connectivity index is 1.41. The van der Waals surface area contributed by atoms with Crippen LogP contribution < -0.4 is 5.32 Å². The first-order chi connectivity index (χ1) is 10.8. The van der Waals surface area contributed by atoms with Crippen LogP contribution in [0.25, 0.3) is 0 Å². The molecule has 2 heterocycles. The fourth-order valence-electron chi connectivity index (χ4n) is 2.88. The van der Waals surface area contributed by atoms with Crippen LogP contribution in [-0.4, -0.2) is 46.5 Å². The molecule has 0 spiro atoms.